The molecule has 1 aliphatic heterocycles. The third kappa shape index (κ3) is 3.66. The van der Waals surface area contributed by atoms with Crippen LogP contribution in [0, 0.1) is 21.7 Å². The largest absolute Gasteiger partial charge is 0.336 e. The lowest BCUT2D eigenvalue weighted by atomic mass is 9.84. The van der Waals surface area contributed by atoms with E-state index >= 15 is 0 Å². The predicted molar refractivity (Wildman–Crippen MR) is 105 cm³/mol. The van der Waals surface area contributed by atoms with Crippen LogP contribution in [-0.2, 0) is 16.0 Å². The van der Waals surface area contributed by atoms with E-state index in [0.717, 1.165) is 22.6 Å². The molecule has 0 radical (unpaired) electrons. The Hall–Kier alpha value is -3.62. The minimum absolute atomic E-state index is 0.237. The highest BCUT2D eigenvalue weighted by atomic mass is 19.2. The third-order valence-corrected chi connectivity index (χ3v) is 5.20. The number of amides is 2. The van der Waals surface area contributed by atoms with Gasteiger partial charge in [-0.2, -0.15) is 0 Å². The highest BCUT2D eigenvalue weighted by molar-refractivity contribution is 6.09. The number of nitrogens with one attached hydrogen (secondary N) is 1. The quantitative estimate of drug-likeness (QED) is 0.461. The van der Waals surface area contributed by atoms with Crippen molar-refractivity contribution < 1.29 is 23.3 Å². The Bertz CT molecular complexity index is 1060. The van der Waals surface area contributed by atoms with E-state index < -0.39 is 45.2 Å². The van der Waals surface area contributed by atoms with E-state index in [1.807, 2.05) is 30.3 Å². The van der Waals surface area contributed by atoms with Crippen molar-refractivity contribution in [2.75, 3.05) is 7.05 Å². The highest BCUT2D eigenvalue weighted by Crippen LogP contribution is 2.31. The second kappa shape index (κ2) is 8.02. The number of nitro benzene ring substituents is 1. The molecule has 0 saturated carbocycles. The lowest BCUT2D eigenvalue weighted by Gasteiger charge is -2.41. The molecule has 1 heterocycles. The lowest BCUT2D eigenvalue weighted by molar-refractivity contribution is -0.385. The Balaban J connectivity index is 2.04. The van der Waals surface area contributed by atoms with Crippen molar-refractivity contribution >= 4 is 23.6 Å². The van der Waals surface area contributed by atoms with Crippen LogP contribution in [0.2, 0.25) is 0 Å². The van der Waals surface area contributed by atoms with Gasteiger partial charge in [0, 0.05) is 19.5 Å². The summed E-state index contributed by atoms with van der Waals surface area (Å²) in [4.78, 5) is 37.4. The molecule has 1 N–H and O–H groups in total. The van der Waals surface area contributed by atoms with Crippen LogP contribution < -0.4 is 5.32 Å². The number of carbonyl (C=O) groups is 2. The zero-order chi connectivity index (χ0) is 22.1. The maximum absolute atomic E-state index is 14.3. The van der Waals surface area contributed by atoms with E-state index in [4.69, 9.17) is 0 Å². The van der Waals surface area contributed by atoms with Gasteiger partial charge in [-0.05, 0) is 24.1 Å². The first-order valence-electron chi connectivity index (χ1n) is 9.19. The van der Waals surface area contributed by atoms with Gasteiger partial charge in [-0.15, -0.1) is 0 Å². The fraction of sp³-hybridized carbons (Fsp3) is 0.238. The molecule has 156 valence electrons. The Morgan fingerprint density at radius 3 is 2.43 bits per heavy atom. The number of nitrogens with zero attached hydrogens (tertiary/aromatic N) is 2. The fourth-order valence-electron chi connectivity index (χ4n) is 3.50. The zero-order valence-electron chi connectivity index (χ0n) is 16.3. The third-order valence-electron chi connectivity index (χ3n) is 5.20. The summed E-state index contributed by atoms with van der Waals surface area (Å²) in [7, 11) is 1.32. The van der Waals surface area contributed by atoms with Crippen molar-refractivity contribution in [3.63, 3.8) is 0 Å². The summed E-state index contributed by atoms with van der Waals surface area (Å²) in [6.07, 6.45) is 1.35. The number of rotatable bonds is 5. The maximum atomic E-state index is 14.3. The summed E-state index contributed by atoms with van der Waals surface area (Å²) in [6, 6.07) is 10.5. The maximum Gasteiger partial charge on any atom is 0.279 e. The van der Waals surface area contributed by atoms with Crippen LogP contribution in [0.3, 0.4) is 0 Å². The number of hydrogen-bond acceptors (Lipinski definition) is 4. The van der Waals surface area contributed by atoms with Crippen molar-refractivity contribution in [2.45, 2.75) is 25.3 Å². The molecule has 0 bridgehead atoms. The molecule has 1 saturated heterocycles. The van der Waals surface area contributed by atoms with Crippen molar-refractivity contribution in [3.05, 3.63) is 81.0 Å². The molecule has 3 rings (SSSR count). The molecule has 1 fully saturated rings. The normalized spacial score (nSPS) is 20.4. The van der Waals surface area contributed by atoms with Gasteiger partial charge in [0.05, 0.1) is 10.5 Å². The first kappa shape index (κ1) is 21.1. The van der Waals surface area contributed by atoms with E-state index in [0.29, 0.717) is 12.5 Å². The Kier molecular flexibility index (Phi) is 5.64. The molecule has 30 heavy (non-hydrogen) atoms. The number of hydrogen-bond donors (Lipinski definition) is 1. The van der Waals surface area contributed by atoms with Crippen molar-refractivity contribution in [3.8, 4) is 0 Å². The van der Waals surface area contributed by atoms with Crippen LogP contribution in [-0.4, -0.2) is 34.2 Å². The monoisotopic (exact) mass is 415 g/mol. The molecule has 0 spiro atoms. The SMILES string of the molecule is CCC1(Cc2ccccc2)NC(=O)C(=Cc2c([N+](=O)[O-])ccc(F)c2F)N(C)C1=O. The highest BCUT2D eigenvalue weighted by Gasteiger charge is 2.46. The van der Waals surface area contributed by atoms with Gasteiger partial charge in [0.1, 0.15) is 11.2 Å². The van der Waals surface area contributed by atoms with Gasteiger partial charge in [0.15, 0.2) is 11.6 Å². The van der Waals surface area contributed by atoms with Gasteiger partial charge in [0.25, 0.3) is 17.5 Å². The van der Waals surface area contributed by atoms with Crippen LogP contribution in [0.5, 0.6) is 0 Å². The Morgan fingerprint density at radius 1 is 1.17 bits per heavy atom. The Morgan fingerprint density at radius 2 is 1.83 bits per heavy atom. The van der Waals surface area contributed by atoms with Gasteiger partial charge in [-0.3, -0.25) is 19.7 Å². The van der Waals surface area contributed by atoms with Crippen LogP contribution in [0.1, 0.15) is 24.5 Å². The molecule has 9 heteroatoms. The number of halogens is 2. The molecule has 1 atom stereocenters. The van der Waals surface area contributed by atoms with Gasteiger partial charge in [-0.25, -0.2) is 8.78 Å². The number of likely N-dealkylation sites (N-methyl/N-ethyl adjacent to an activating group) is 1. The van der Waals surface area contributed by atoms with Gasteiger partial charge in [0.2, 0.25) is 0 Å². The van der Waals surface area contributed by atoms with Crippen LogP contribution >= 0.6 is 0 Å². The minimum atomic E-state index is -1.47. The van der Waals surface area contributed by atoms with Crippen molar-refractivity contribution in [1.82, 2.24) is 10.2 Å². The second-order valence-electron chi connectivity index (χ2n) is 7.00. The summed E-state index contributed by atoms with van der Waals surface area (Å²) < 4.78 is 27.9. The first-order chi connectivity index (χ1) is 14.2. The number of carbonyl (C=O) groups excluding carboxylic acids is 2. The average Bonchev–Trinajstić information content (AvgIpc) is 2.72. The standard InChI is InChI=1S/C21H19F2N3O4/c1-3-21(12-13-7-5-4-6-8-13)20(28)25(2)17(19(27)24-21)11-14-16(26(29)30)10-9-15(22)18(14)23/h4-11H,3,12H2,1-2H3,(H,24,27). The Labute approximate surface area is 171 Å². The number of benzene rings is 2. The van der Waals surface area contributed by atoms with Gasteiger partial charge in [-0.1, -0.05) is 37.3 Å². The molecule has 1 aliphatic rings. The van der Waals surface area contributed by atoms with E-state index in [1.165, 1.54) is 7.05 Å². The number of nitro groups is 1. The summed E-state index contributed by atoms with van der Waals surface area (Å²) in [6.45, 7) is 1.75. The first-order valence-corrected chi connectivity index (χ1v) is 9.19. The van der Waals surface area contributed by atoms with E-state index in [-0.39, 0.29) is 12.1 Å². The zero-order valence-corrected chi connectivity index (χ0v) is 16.3. The van der Waals surface area contributed by atoms with Crippen LogP contribution in [0.4, 0.5) is 14.5 Å². The fourth-order valence-corrected chi connectivity index (χ4v) is 3.50. The molecule has 7 nitrogen and oxygen atoms in total. The number of piperazine rings is 1. The molecule has 0 aromatic heterocycles. The molecule has 1 unspecified atom stereocenters. The molecular formula is C21H19F2N3O4. The minimum Gasteiger partial charge on any atom is -0.336 e. The van der Waals surface area contributed by atoms with Crippen LogP contribution in [0.25, 0.3) is 6.08 Å². The molecule has 2 aromatic carbocycles. The second-order valence-corrected chi connectivity index (χ2v) is 7.00. The van der Waals surface area contributed by atoms with E-state index in [2.05, 4.69) is 5.32 Å². The summed E-state index contributed by atoms with van der Waals surface area (Å²) in [5, 5.41) is 13.9. The van der Waals surface area contributed by atoms with Crippen LogP contribution in [0.15, 0.2) is 48.2 Å². The molecule has 2 aromatic rings. The van der Waals surface area contributed by atoms with Crippen molar-refractivity contribution in [1.29, 1.82) is 0 Å². The predicted octanol–water partition coefficient (Wildman–Crippen LogP) is 3.19. The van der Waals surface area contributed by atoms with E-state index in [1.54, 1.807) is 6.92 Å². The molecular weight excluding hydrogens is 396 g/mol. The lowest BCUT2D eigenvalue weighted by Crippen LogP contribution is -2.65. The summed E-state index contributed by atoms with van der Waals surface area (Å²) >= 11 is 0. The summed E-state index contributed by atoms with van der Waals surface area (Å²) in [5.74, 6) is -3.95. The van der Waals surface area contributed by atoms with Crippen molar-refractivity contribution in [2.24, 2.45) is 0 Å². The average molecular weight is 415 g/mol. The molecule has 0 aliphatic carbocycles. The van der Waals surface area contributed by atoms with Gasteiger partial charge < -0.3 is 10.2 Å². The summed E-state index contributed by atoms with van der Waals surface area (Å²) in [5.41, 5.74) is -2.13. The topological polar surface area (TPSA) is 92.5 Å². The van der Waals surface area contributed by atoms with Gasteiger partial charge >= 0.3 is 0 Å². The smallest absolute Gasteiger partial charge is 0.279 e. The van der Waals surface area contributed by atoms with E-state index in [9.17, 15) is 28.5 Å². The molecule has 2 amide bonds.